The number of hydrogen-bond acceptors (Lipinski definition) is 4. The second-order valence-electron chi connectivity index (χ2n) is 2.93. The van der Waals surface area contributed by atoms with Gasteiger partial charge in [0.05, 0.1) is 9.50 Å². The zero-order valence-electron chi connectivity index (χ0n) is 8.08. The van der Waals surface area contributed by atoms with Crippen molar-refractivity contribution in [2.24, 2.45) is 0 Å². The van der Waals surface area contributed by atoms with E-state index in [1.165, 1.54) is 23.5 Å². The number of aromatic nitrogens is 2. The Labute approximate surface area is 119 Å². The number of hydrogen-bond donors (Lipinski definition) is 0. The lowest BCUT2D eigenvalue weighted by molar-refractivity contribution is 0.301. The molecule has 1 aromatic heterocycles. The molecule has 2 aromatic rings. The molecule has 1 heterocycles. The van der Waals surface area contributed by atoms with Crippen LogP contribution in [-0.2, 0) is 6.61 Å². The highest BCUT2D eigenvalue weighted by molar-refractivity contribution is 9.10. The highest BCUT2D eigenvalue weighted by Crippen LogP contribution is 2.31. The van der Waals surface area contributed by atoms with Gasteiger partial charge in [-0.1, -0.05) is 22.9 Å². The maximum atomic E-state index is 13.2. The maximum Gasteiger partial charge on any atom is 0.207 e. The van der Waals surface area contributed by atoms with Gasteiger partial charge >= 0.3 is 0 Å². The number of halogens is 4. The number of rotatable bonds is 3. The molecule has 0 unspecified atom stereocenters. The van der Waals surface area contributed by atoms with Gasteiger partial charge in [-0.15, -0.1) is 10.2 Å². The zero-order valence-corrected chi connectivity index (χ0v) is 12.0. The summed E-state index contributed by atoms with van der Waals surface area (Å²) in [6.07, 6.45) is 0. The molecule has 90 valence electrons. The van der Waals surface area contributed by atoms with E-state index in [1.54, 1.807) is 0 Å². The molecule has 0 N–H and O–H groups in total. The van der Waals surface area contributed by atoms with Crippen LogP contribution in [0, 0.1) is 5.82 Å². The Kier molecular flexibility index (Phi) is 4.19. The fourth-order valence-corrected chi connectivity index (χ4v) is 2.58. The van der Waals surface area contributed by atoms with Gasteiger partial charge in [0, 0.05) is 6.07 Å². The molecular weight excluding hydrogens is 354 g/mol. The molecule has 0 bridgehead atoms. The summed E-state index contributed by atoms with van der Waals surface area (Å²) in [4.78, 5) is 0. The number of benzene rings is 1. The van der Waals surface area contributed by atoms with E-state index in [9.17, 15) is 4.39 Å². The molecule has 0 aliphatic carbocycles. The van der Waals surface area contributed by atoms with E-state index < -0.39 is 5.82 Å². The average Bonchev–Trinajstić information content (AvgIpc) is 2.68. The lowest BCUT2D eigenvalue weighted by atomic mass is 10.3. The predicted octanol–water partition coefficient (Wildman–Crippen LogP) is 4.33. The molecule has 0 spiro atoms. The van der Waals surface area contributed by atoms with Gasteiger partial charge in [-0.25, -0.2) is 4.39 Å². The molecule has 0 radical (unpaired) electrons. The van der Waals surface area contributed by atoms with E-state index in [2.05, 4.69) is 26.1 Å². The smallest absolute Gasteiger partial charge is 0.207 e. The Hall–Kier alpha value is -0.430. The summed E-state index contributed by atoms with van der Waals surface area (Å²) in [6, 6.07) is 2.63. The van der Waals surface area contributed by atoms with Crippen LogP contribution in [-0.4, -0.2) is 10.2 Å². The third kappa shape index (κ3) is 3.28. The van der Waals surface area contributed by atoms with Crippen molar-refractivity contribution >= 4 is 50.5 Å². The van der Waals surface area contributed by atoms with E-state index >= 15 is 0 Å². The molecule has 3 nitrogen and oxygen atoms in total. The minimum Gasteiger partial charge on any atom is -0.485 e. The molecule has 2 rings (SSSR count). The second-order valence-corrected chi connectivity index (χ2v) is 5.84. The lowest BCUT2D eigenvalue weighted by Crippen LogP contribution is -1.96. The standard InChI is InChI=1S/C9H4BrCl2FN2OS/c10-4-1-5(11)6(13)2-7(4)16-3-8-14-15-9(12)17-8/h1-2H,3H2. The van der Waals surface area contributed by atoms with Gasteiger partial charge in [-0.3, -0.25) is 0 Å². The van der Waals surface area contributed by atoms with Crippen molar-refractivity contribution in [3.8, 4) is 5.75 Å². The zero-order chi connectivity index (χ0) is 12.4. The normalized spacial score (nSPS) is 10.6. The Morgan fingerprint density at radius 3 is 2.76 bits per heavy atom. The molecule has 0 saturated carbocycles. The third-order valence-electron chi connectivity index (χ3n) is 1.77. The van der Waals surface area contributed by atoms with Crippen LogP contribution in [0.3, 0.4) is 0 Å². The summed E-state index contributed by atoms with van der Waals surface area (Å²) in [5.41, 5.74) is 0. The molecule has 0 atom stereocenters. The topological polar surface area (TPSA) is 35.0 Å². The molecule has 17 heavy (non-hydrogen) atoms. The van der Waals surface area contributed by atoms with Gasteiger partial charge in [0.25, 0.3) is 0 Å². The summed E-state index contributed by atoms with van der Waals surface area (Å²) >= 11 is 15.7. The van der Waals surface area contributed by atoms with Gasteiger partial charge in [0.1, 0.15) is 18.2 Å². The van der Waals surface area contributed by atoms with Crippen molar-refractivity contribution in [1.29, 1.82) is 0 Å². The SMILES string of the molecule is Fc1cc(OCc2nnc(Cl)s2)c(Br)cc1Cl. The van der Waals surface area contributed by atoms with Crippen LogP contribution in [0.4, 0.5) is 4.39 Å². The van der Waals surface area contributed by atoms with Crippen LogP contribution in [0.1, 0.15) is 5.01 Å². The first-order chi connectivity index (χ1) is 8.06. The fourth-order valence-electron chi connectivity index (χ4n) is 1.05. The van der Waals surface area contributed by atoms with Crippen molar-refractivity contribution < 1.29 is 9.13 Å². The van der Waals surface area contributed by atoms with E-state index in [0.29, 0.717) is 19.7 Å². The Balaban J connectivity index is 2.11. The molecule has 0 fully saturated rings. The van der Waals surface area contributed by atoms with Gasteiger partial charge in [0.2, 0.25) is 4.47 Å². The van der Waals surface area contributed by atoms with Crippen LogP contribution in [0.25, 0.3) is 0 Å². The first-order valence-corrected chi connectivity index (χ1v) is 6.68. The van der Waals surface area contributed by atoms with Gasteiger partial charge in [-0.05, 0) is 33.6 Å². The molecular formula is C9H4BrCl2FN2OS. The summed E-state index contributed by atoms with van der Waals surface area (Å²) in [5.74, 6) is -0.196. The molecule has 0 aliphatic rings. The van der Waals surface area contributed by atoms with E-state index in [0.717, 1.165) is 0 Å². The van der Waals surface area contributed by atoms with Gasteiger partial charge < -0.3 is 4.74 Å². The monoisotopic (exact) mass is 356 g/mol. The van der Waals surface area contributed by atoms with Crippen molar-refractivity contribution in [3.05, 3.63) is 36.9 Å². The molecule has 0 saturated heterocycles. The summed E-state index contributed by atoms with van der Waals surface area (Å²) < 4.78 is 19.5. The first kappa shape index (κ1) is 13.0. The summed E-state index contributed by atoms with van der Waals surface area (Å²) in [7, 11) is 0. The van der Waals surface area contributed by atoms with Gasteiger partial charge in [0.15, 0.2) is 5.01 Å². The average molecular weight is 358 g/mol. The lowest BCUT2D eigenvalue weighted by Gasteiger charge is -2.07. The van der Waals surface area contributed by atoms with Crippen LogP contribution in [0.15, 0.2) is 16.6 Å². The van der Waals surface area contributed by atoms with E-state index in [1.807, 2.05) is 0 Å². The number of ether oxygens (including phenoxy) is 1. The quantitative estimate of drug-likeness (QED) is 0.767. The fraction of sp³-hybridized carbons (Fsp3) is 0.111. The highest BCUT2D eigenvalue weighted by Gasteiger charge is 2.09. The second kappa shape index (κ2) is 5.48. The van der Waals surface area contributed by atoms with Gasteiger partial charge in [-0.2, -0.15) is 0 Å². The van der Waals surface area contributed by atoms with Crippen molar-refractivity contribution in [3.63, 3.8) is 0 Å². The largest absolute Gasteiger partial charge is 0.485 e. The Bertz CT molecular complexity index is 552. The van der Waals surface area contributed by atoms with Crippen LogP contribution < -0.4 is 4.74 Å². The highest BCUT2D eigenvalue weighted by atomic mass is 79.9. The van der Waals surface area contributed by atoms with Crippen molar-refractivity contribution in [2.75, 3.05) is 0 Å². The van der Waals surface area contributed by atoms with E-state index in [4.69, 9.17) is 27.9 Å². The summed E-state index contributed by atoms with van der Waals surface area (Å²) in [5, 5.41) is 8.05. The van der Waals surface area contributed by atoms with Crippen molar-refractivity contribution in [1.82, 2.24) is 10.2 Å². The molecule has 0 aliphatic heterocycles. The number of nitrogens with zero attached hydrogens (tertiary/aromatic N) is 2. The van der Waals surface area contributed by atoms with E-state index in [-0.39, 0.29) is 11.6 Å². The molecule has 1 aromatic carbocycles. The van der Waals surface area contributed by atoms with Crippen LogP contribution in [0.5, 0.6) is 5.75 Å². The van der Waals surface area contributed by atoms with Crippen LogP contribution >= 0.6 is 50.5 Å². The Morgan fingerprint density at radius 2 is 2.12 bits per heavy atom. The van der Waals surface area contributed by atoms with Crippen LogP contribution in [0.2, 0.25) is 9.49 Å². The summed E-state index contributed by atoms with van der Waals surface area (Å²) in [6.45, 7) is 0.171. The first-order valence-electron chi connectivity index (χ1n) is 4.31. The maximum absolute atomic E-state index is 13.2. The third-order valence-corrected chi connectivity index (χ3v) is 3.67. The predicted molar refractivity (Wildman–Crippen MR) is 68.4 cm³/mol. The minimum absolute atomic E-state index is 0.0307. The Morgan fingerprint density at radius 1 is 1.35 bits per heavy atom. The molecule has 8 heteroatoms. The minimum atomic E-state index is -0.542. The molecule has 0 amide bonds. The van der Waals surface area contributed by atoms with Crippen molar-refractivity contribution in [2.45, 2.75) is 6.61 Å².